The summed E-state index contributed by atoms with van der Waals surface area (Å²) in [5.41, 5.74) is 1.94. The zero-order chi connectivity index (χ0) is 19.9. The van der Waals surface area contributed by atoms with Gasteiger partial charge in [-0.05, 0) is 62.4 Å². The van der Waals surface area contributed by atoms with E-state index >= 15 is 0 Å². The van der Waals surface area contributed by atoms with Gasteiger partial charge in [0.05, 0.1) is 17.4 Å². The second-order valence-electron chi connectivity index (χ2n) is 6.23. The number of carbonyl (C=O) groups is 1. The van der Waals surface area contributed by atoms with Crippen molar-refractivity contribution in [2.75, 3.05) is 10.6 Å². The quantitative estimate of drug-likeness (QED) is 0.674. The Morgan fingerprint density at radius 2 is 1.79 bits per heavy atom. The molecule has 0 aliphatic rings. The number of hydrogen-bond acceptors (Lipinski definition) is 6. The summed E-state index contributed by atoms with van der Waals surface area (Å²) in [5.74, 6) is 0.810. The summed E-state index contributed by atoms with van der Waals surface area (Å²) in [6, 6.07) is 19.5. The summed E-state index contributed by atoms with van der Waals surface area (Å²) >= 11 is 0. The molecule has 2 aromatic carbocycles. The van der Waals surface area contributed by atoms with E-state index in [-0.39, 0.29) is 17.7 Å². The fraction of sp³-hybridized carbons (Fsp3) is 0.143. The summed E-state index contributed by atoms with van der Waals surface area (Å²) in [7, 11) is 0. The molecular weight excluding hydrogens is 354 g/mol. The molecule has 7 nitrogen and oxygen atoms in total. The van der Waals surface area contributed by atoms with Crippen molar-refractivity contribution >= 4 is 23.1 Å². The highest BCUT2D eigenvalue weighted by molar-refractivity contribution is 6.02. The van der Waals surface area contributed by atoms with Gasteiger partial charge in [-0.3, -0.25) is 4.79 Å². The zero-order valence-corrected chi connectivity index (χ0v) is 15.5. The highest BCUT2D eigenvalue weighted by Crippen LogP contribution is 2.19. The molecule has 0 spiro atoms. The maximum absolute atomic E-state index is 12.3. The van der Waals surface area contributed by atoms with Gasteiger partial charge in [0.1, 0.15) is 11.8 Å². The number of amides is 1. The lowest BCUT2D eigenvalue weighted by Gasteiger charge is -2.10. The third-order valence-corrected chi connectivity index (χ3v) is 3.69. The van der Waals surface area contributed by atoms with Gasteiger partial charge in [-0.15, -0.1) is 10.2 Å². The predicted molar refractivity (Wildman–Crippen MR) is 107 cm³/mol. The predicted octanol–water partition coefficient (Wildman–Crippen LogP) is 4.13. The van der Waals surface area contributed by atoms with Crippen LogP contribution in [0.1, 0.15) is 29.9 Å². The Morgan fingerprint density at radius 3 is 2.43 bits per heavy atom. The van der Waals surface area contributed by atoms with Gasteiger partial charge >= 0.3 is 0 Å². The van der Waals surface area contributed by atoms with Crippen LogP contribution < -0.4 is 15.4 Å². The number of benzene rings is 2. The van der Waals surface area contributed by atoms with E-state index < -0.39 is 0 Å². The first-order chi connectivity index (χ1) is 13.5. The number of nitrogens with one attached hydrogen (secondary N) is 2. The largest absolute Gasteiger partial charge is 0.491 e. The van der Waals surface area contributed by atoms with Crippen LogP contribution in [0.2, 0.25) is 0 Å². The van der Waals surface area contributed by atoms with Gasteiger partial charge in [0, 0.05) is 5.69 Å². The van der Waals surface area contributed by atoms with E-state index in [0.717, 1.165) is 5.75 Å². The summed E-state index contributed by atoms with van der Waals surface area (Å²) in [6.07, 6.45) is 0.0861. The Morgan fingerprint density at radius 1 is 1.04 bits per heavy atom. The molecule has 0 fully saturated rings. The van der Waals surface area contributed by atoms with Crippen molar-refractivity contribution < 1.29 is 9.53 Å². The van der Waals surface area contributed by atoms with Crippen LogP contribution in [-0.4, -0.2) is 22.2 Å². The van der Waals surface area contributed by atoms with Gasteiger partial charge in [-0.25, -0.2) is 0 Å². The zero-order valence-electron chi connectivity index (χ0n) is 15.5. The van der Waals surface area contributed by atoms with Crippen LogP contribution in [0.3, 0.4) is 0 Å². The SMILES string of the molecule is CC(C)Oc1ccc(NC(=O)c2ccc(Nc3ccccc3C#N)nn2)cc1. The van der Waals surface area contributed by atoms with Crippen molar-refractivity contribution in [1.29, 1.82) is 5.26 Å². The van der Waals surface area contributed by atoms with E-state index in [1.807, 2.05) is 19.9 Å². The van der Waals surface area contributed by atoms with E-state index in [9.17, 15) is 4.79 Å². The Labute approximate surface area is 163 Å². The van der Waals surface area contributed by atoms with Crippen LogP contribution in [0.25, 0.3) is 0 Å². The van der Waals surface area contributed by atoms with Crippen molar-refractivity contribution in [3.05, 3.63) is 71.9 Å². The number of anilines is 3. The van der Waals surface area contributed by atoms with E-state index in [2.05, 4.69) is 26.9 Å². The van der Waals surface area contributed by atoms with Crippen LogP contribution >= 0.6 is 0 Å². The molecule has 0 aliphatic carbocycles. The third-order valence-electron chi connectivity index (χ3n) is 3.69. The number of para-hydroxylation sites is 1. The van der Waals surface area contributed by atoms with Gasteiger partial charge < -0.3 is 15.4 Å². The first kappa shape index (κ1) is 18.9. The van der Waals surface area contributed by atoms with Crippen LogP contribution in [0.15, 0.2) is 60.7 Å². The van der Waals surface area contributed by atoms with Crippen molar-refractivity contribution in [3.8, 4) is 11.8 Å². The first-order valence-corrected chi connectivity index (χ1v) is 8.73. The Kier molecular flexibility index (Phi) is 5.82. The molecule has 28 heavy (non-hydrogen) atoms. The first-order valence-electron chi connectivity index (χ1n) is 8.73. The van der Waals surface area contributed by atoms with Gasteiger partial charge in [0.2, 0.25) is 0 Å². The van der Waals surface area contributed by atoms with Gasteiger partial charge in [-0.1, -0.05) is 12.1 Å². The lowest BCUT2D eigenvalue weighted by atomic mass is 10.2. The molecule has 1 heterocycles. The number of hydrogen-bond donors (Lipinski definition) is 2. The smallest absolute Gasteiger partial charge is 0.276 e. The molecule has 0 atom stereocenters. The summed E-state index contributed by atoms with van der Waals surface area (Å²) in [5, 5.41) is 22.9. The van der Waals surface area contributed by atoms with Crippen molar-refractivity contribution in [2.24, 2.45) is 0 Å². The van der Waals surface area contributed by atoms with E-state index in [4.69, 9.17) is 10.00 Å². The maximum Gasteiger partial charge on any atom is 0.276 e. The van der Waals surface area contributed by atoms with E-state index in [1.54, 1.807) is 54.6 Å². The minimum absolute atomic E-state index is 0.0861. The molecule has 0 aliphatic heterocycles. The molecule has 140 valence electrons. The topological polar surface area (TPSA) is 99.9 Å². The third kappa shape index (κ3) is 4.83. The summed E-state index contributed by atoms with van der Waals surface area (Å²) in [4.78, 5) is 12.3. The van der Waals surface area contributed by atoms with Crippen LogP contribution in [-0.2, 0) is 0 Å². The molecule has 7 heteroatoms. The van der Waals surface area contributed by atoms with Crippen LogP contribution in [0.5, 0.6) is 5.75 Å². The number of carbonyl (C=O) groups excluding carboxylic acids is 1. The van der Waals surface area contributed by atoms with Crippen molar-refractivity contribution in [2.45, 2.75) is 20.0 Å². The molecular formula is C21H19N5O2. The van der Waals surface area contributed by atoms with Crippen molar-refractivity contribution in [3.63, 3.8) is 0 Å². The van der Waals surface area contributed by atoms with E-state index in [0.29, 0.717) is 22.8 Å². The molecule has 0 bridgehead atoms. The molecule has 3 rings (SSSR count). The standard InChI is InChI=1S/C21H19N5O2/c1-14(2)28-17-9-7-16(8-10-17)23-21(27)19-11-12-20(26-25-19)24-18-6-4-3-5-15(18)13-22/h3-12,14H,1-2H3,(H,23,27)(H,24,26). The second kappa shape index (κ2) is 8.64. The minimum atomic E-state index is -0.367. The van der Waals surface area contributed by atoms with Crippen molar-refractivity contribution in [1.82, 2.24) is 10.2 Å². The fourth-order valence-electron chi connectivity index (χ4n) is 2.43. The number of rotatable bonds is 6. The molecule has 0 saturated carbocycles. The number of nitrogens with zero attached hydrogens (tertiary/aromatic N) is 3. The second-order valence-corrected chi connectivity index (χ2v) is 6.23. The minimum Gasteiger partial charge on any atom is -0.491 e. The fourth-order valence-corrected chi connectivity index (χ4v) is 2.43. The average Bonchev–Trinajstić information content (AvgIpc) is 2.70. The highest BCUT2D eigenvalue weighted by atomic mass is 16.5. The van der Waals surface area contributed by atoms with E-state index in [1.165, 1.54) is 0 Å². The monoisotopic (exact) mass is 373 g/mol. The average molecular weight is 373 g/mol. The number of aromatic nitrogens is 2. The van der Waals surface area contributed by atoms with Gasteiger partial charge in [-0.2, -0.15) is 5.26 Å². The molecule has 0 unspecified atom stereocenters. The lowest BCUT2D eigenvalue weighted by molar-refractivity contribution is 0.102. The molecule has 3 aromatic rings. The molecule has 0 saturated heterocycles. The Bertz CT molecular complexity index is 993. The highest BCUT2D eigenvalue weighted by Gasteiger charge is 2.10. The molecule has 1 aromatic heterocycles. The lowest BCUT2D eigenvalue weighted by Crippen LogP contribution is -2.14. The number of nitriles is 1. The Balaban J connectivity index is 1.64. The van der Waals surface area contributed by atoms with Crippen LogP contribution in [0.4, 0.5) is 17.2 Å². The molecule has 2 N–H and O–H groups in total. The molecule has 0 radical (unpaired) electrons. The Hall–Kier alpha value is -3.92. The molecule has 1 amide bonds. The van der Waals surface area contributed by atoms with Gasteiger partial charge in [0.25, 0.3) is 5.91 Å². The summed E-state index contributed by atoms with van der Waals surface area (Å²) < 4.78 is 5.58. The van der Waals surface area contributed by atoms with Gasteiger partial charge in [0.15, 0.2) is 11.5 Å². The normalized spacial score (nSPS) is 10.2. The maximum atomic E-state index is 12.3. The number of ether oxygens (including phenoxy) is 1. The summed E-state index contributed by atoms with van der Waals surface area (Å²) in [6.45, 7) is 3.90. The van der Waals surface area contributed by atoms with Crippen LogP contribution in [0, 0.1) is 11.3 Å².